The quantitative estimate of drug-likeness (QED) is 0.642. The maximum atomic E-state index is 11.7. The Morgan fingerprint density at radius 3 is 2.89 bits per heavy atom. The summed E-state index contributed by atoms with van der Waals surface area (Å²) in [4.78, 5) is 11.7. The van der Waals surface area contributed by atoms with Crippen molar-refractivity contribution in [2.24, 2.45) is 0 Å². The lowest BCUT2D eigenvalue weighted by molar-refractivity contribution is -0.144. The fourth-order valence-electron chi connectivity index (χ4n) is 2.09. The predicted octanol–water partition coefficient (Wildman–Crippen LogP) is 2.48. The van der Waals surface area contributed by atoms with Gasteiger partial charge in [0.05, 0.1) is 13.2 Å². The third-order valence-electron chi connectivity index (χ3n) is 3.10. The van der Waals surface area contributed by atoms with E-state index in [1.807, 2.05) is 35.0 Å². The van der Waals surface area contributed by atoms with Crippen molar-refractivity contribution in [1.82, 2.24) is 4.57 Å². The van der Waals surface area contributed by atoms with Crippen LogP contribution in [0.25, 0.3) is 10.9 Å². The summed E-state index contributed by atoms with van der Waals surface area (Å²) in [6.45, 7) is 2.69. The molecule has 0 radical (unpaired) electrons. The Bertz CT molecular complexity index is 560. The number of hydrogen-bond donors (Lipinski definition) is 1. The zero-order valence-corrected chi connectivity index (χ0v) is 11.1. The Morgan fingerprint density at radius 1 is 1.37 bits per heavy atom. The minimum atomic E-state index is -0.237. The van der Waals surface area contributed by atoms with E-state index in [-0.39, 0.29) is 19.1 Å². The second-order valence-corrected chi connectivity index (χ2v) is 4.53. The van der Waals surface area contributed by atoms with Crippen molar-refractivity contribution in [2.75, 3.05) is 6.61 Å². The van der Waals surface area contributed by atoms with E-state index in [9.17, 15) is 9.90 Å². The zero-order valence-electron chi connectivity index (χ0n) is 11.1. The van der Waals surface area contributed by atoms with Gasteiger partial charge in [-0.05, 0) is 12.5 Å². The molecule has 2 rings (SSSR count). The van der Waals surface area contributed by atoms with E-state index in [0.717, 1.165) is 29.3 Å². The van der Waals surface area contributed by atoms with Gasteiger partial charge in [0.15, 0.2) is 0 Å². The number of aliphatic hydroxyl groups excluding tert-OH is 1. The molecule has 0 saturated carbocycles. The minimum Gasteiger partial charge on any atom is -0.464 e. The Hall–Kier alpha value is -1.81. The van der Waals surface area contributed by atoms with Crippen molar-refractivity contribution in [3.05, 3.63) is 36.0 Å². The molecule has 19 heavy (non-hydrogen) atoms. The average molecular weight is 261 g/mol. The molecule has 0 aliphatic heterocycles. The molecule has 4 heteroatoms. The smallest absolute Gasteiger partial charge is 0.325 e. The Morgan fingerprint density at radius 2 is 2.16 bits per heavy atom. The number of rotatable bonds is 6. The molecule has 1 aromatic heterocycles. The van der Waals surface area contributed by atoms with Crippen molar-refractivity contribution in [1.29, 1.82) is 0 Å². The van der Waals surface area contributed by atoms with Gasteiger partial charge in [0, 0.05) is 22.7 Å². The molecule has 2 aromatic rings. The number of unbranched alkanes of at least 4 members (excludes halogenated alkanes) is 1. The van der Waals surface area contributed by atoms with Crippen molar-refractivity contribution >= 4 is 16.9 Å². The van der Waals surface area contributed by atoms with E-state index in [1.54, 1.807) is 0 Å². The van der Waals surface area contributed by atoms with Gasteiger partial charge in [-0.25, -0.2) is 0 Å². The number of esters is 1. The van der Waals surface area contributed by atoms with Crippen LogP contribution in [0.3, 0.4) is 0 Å². The first kappa shape index (κ1) is 13.6. The van der Waals surface area contributed by atoms with Gasteiger partial charge in [0.1, 0.15) is 6.54 Å². The van der Waals surface area contributed by atoms with Gasteiger partial charge >= 0.3 is 5.97 Å². The van der Waals surface area contributed by atoms with E-state index in [2.05, 4.69) is 6.92 Å². The summed E-state index contributed by atoms with van der Waals surface area (Å²) >= 11 is 0. The number of aliphatic hydroxyl groups is 1. The summed E-state index contributed by atoms with van der Waals surface area (Å²) in [6.07, 6.45) is 3.71. The van der Waals surface area contributed by atoms with Gasteiger partial charge in [-0.1, -0.05) is 31.5 Å². The highest BCUT2D eigenvalue weighted by Crippen LogP contribution is 2.21. The number of carbonyl (C=O) groups excluding carboxylic acids is 1. The fraction of sp³-hybridized carbons (Fsp3) is 0.400. The fourth-order valence-corrected chi connectivity index (χ4v) is 2.09. The van der Waals surface area contributed by atoms with Crippen LogP contribution in [0.5, 0.6) is 0 Å². The van der Waals surface area contributed by atoms with Crippen LogP contribution in [0.2, 0.25) is 0 Å². The third-order valence-corrected chi connectivity index (χ3v) is 3.10. The molecule has 1 aromatic carbocycles. The highest BCUT2D eigenvalue weighted by atomic mass is 16.5. The van der Waals surface area contributed by atoms with Crippen molar-refractivity contribution < 1.29 is 14.6 Å². The molecule has 1 N–H and O–H groups in total. The summed E-state index contributed by atoms with van der Waals surface area (Å²) in [5, 5.41) is 10.3. The van der Waals surface area contributed by atoms with E-state index in [4.69, 9.17) is 4.74 Å². The molecule has 0 bridgehead atoms. The summed E-state index contributed by atoms with van der Waals surface area (Å²) in [7, 11) is 0. The topological polar surface area (TPSA) is 51.5 Å². The SMILES string of the molecule is CCCCOC(=O)Cn1cc(CO)c2ccccc21. The maximum absolute atomic E-state index is 11.7. The van der Waals surface area contributed by atoms with Crippen LogP contribution in [0, 0.1) is 0 Å². The summed E-state index contributed by atoms with van der Waals surface area (Å²) < 4.78 is 6.98. The number of para-hydroxylation sites is 1. The zero-order chi connectivity index (χ0) is 13.7. The number of hydrogen-bond acceptors (Lipinski definition) is 3. The average Bonchev–Trinajstić information content (AvgIpc) is 2.77. The number of aromatic nitrogens is 1. The first-order valence-corrected chi connectivity index (χ1v) is 6.59. The normalized spacial score (nSPS) is 10.8. The largest absolute Gasteiger partial charge is 0.464 e. The molecule has 0 aliphatic carbocycles. The molecular weight excluding hydrogens is 242 g/mol. The van der Waals surface area contributed by atoms with Crippen LogP contribution in [0.1, 0.15) is 25.3 Å². The van der Waals surface area contributed by atoms with Crippen LogP contribution in [-0.2, 0) is 22.7 Å². The molecule has 0 spiro atoms. The Balaban J connectivity index is 2.14. The molecule has 0 fully saturated rings. The van der Waals surface area contributed by atoms with Crippen LogP contribution >= 0.6 is 0 Å². The van der Waals surface area contributed by atoms with E-state index >= 15 is 0 Å². The molecule has 0 unspecified atom stereocenters. The Labute approximate surface area is 112 Å². The van der Waals surface area contributed by atoms with Gasteiger partial charge in [-0.15, -0.1) is 0 Å². The van der Waals surface area contributed by atoms with Crippen LogP contribution in [-0.4, -0.2) is 22.2 Å². The molecule has 1 heterocycles. The lowest BCUT2D eigenvalue weighted by Gasteiger charge is -2.06. The highest BCUT2D eigenvalue weighted by molar-refractivity contribution is 5.85. The number of ether oxygens (including phenoxy) is 1. The molecule has 0 atom stereocenters. The Kier molecular flexibility index (Phi) is 4.58. The van der Waals surface area contributed by atoms with E-state index in [0.29, 0.717) is 6.61 Å². The van der Waals surface area contributed by atoms with Gasteiger partial charge in [0.2, 0.25) is 0 Å². The van der Waals surface area contributed by atoms with Gasteiger partial charge in [-0.2, -0.15) is 0 Å². The minimum absolute atomic E-state index is 0.0294. The first-order valence-electron chi connectivity index (χ1n) is 6.59. The highest BCUT2D eigenvalue weighted by Gasteiger charge is 2.10. The monoisotopic (exact) mass is 261 g/mol. The van der Waals surface area contributed by atoms with Gasteiger partial charge in [0.25, 0.3) is 0 Å². The standard InChI is InChI=1S/C15H19NO3/c1-2-3-8-19-15(18)10-16-9-12(11-17)13-6-4-5-7-14(13)16/h4-7,9,17H,2-3,8,10-11H2,1H3. The maximum Gasteiger partial charge on any atom is 0.325 e. The van der Waals surface area contributed by atoms with Crippen LogP contribution < -0.4 is 0 Å². The summed E-state index contributed by atoms with van der Waals surface area (Å²) in [5.41, 5.74) is 1.77. The van der Waals surface area contributed by atoms with Gasteiger partial charge in [-0.3, -0.25) is 4.79 Å². The third kappa shape index (κ3) is 3.15. The second kappa shape index (κ2) is 6.38. The predicted molar refractivity (Wildman–Crippen MR) is 73.7 cm³/mol. The van der Waals surface area contributed by atoms with E-state index < -0.39 is 0 Å². The van der Waals surface area contributed by atoms with Gasteiger partial charge < -0.3 is 14.4 Å². The van der Waals surface area contributed by atoms with Crippen molar-refractivity contribution in [2.45, 2.75) is 32.9 Å². The number of nitrogens with zero attached hydrogens (tertiary/aromatic N) is 1. The van der Waals surface area contributed by atoms with Crippen molar-refractivity contribution in [3.63, 3.8) is 0 Å². The molecular formula is C15H19NO3. The number of fused-ring (bicyclic) bond motifs is 1. The number of benzene rings is 1. The van der Waals surface area contributed by atoms with Crippen LogP contribution in [0.15, 0.2) is 30.5 Å². The molecule has 0 aliphatic rings. The van der Waals surface area contributed by atoms with E-state index in [1.165, 1.54) is 0 Å². The van der Waals surface area contributed by atoms with Crippen molar-refractivity contribution in [3.8, 4) is 0 Å². The summed E-state index contributed by atoms with van der Waals surface area (Å²) in [5.74, 6) is -0.237. The lowest BCUT2D eigenvalue weighted by atomic mass is 10.2. The first-order chi connectivity index (χ1) is 9.26. The molecule has 0 saturated heterocycles. The molecule has 102 valence electrons. The lowest BCUT2D eigenvalue weighted by Crippen LogP contribution is -2.13. The number of carbonyl (C=O) groups is 1. The van der Waals surface area contributed by atoms with Crippen LogP contribution in [0.4, 0.5) is 0 Å². The summed E-state index contributed by atoms with van der Waals surface area (Å²) in [6, 6.07) is 7.72. The molecule has 0 amide bonds. The second-order valence-electron chi connectivity index (χ2n) is 4.53. The molecule has 4 nitrogen and oxygen atoms in total.